The van der Waals surface area contributed by atoms with Crippen molar-refractivity contribution in [1.82, 2.24) is 14.9 Å². The zero-order valence-electron chi connectivity index (χ0n) is 13.2. The molecule has 2 fully saturated rings. The summed E-state index contributed by atoms with van der Waals surface area (Å²) in [6.07, 6.45) is 6.56. The van der Waals surface area contributed by atoms with Gasteiger partial charge in [-0.15, -0.1) is 0 Å². The Morgan fingerprint density at radius 1 is 1.21 bits per heavy atom. The number of amides is 1. The Balaban J connectivity index is 1.56. The van der Waals surface area contributed by atoms with E-state index in [1.165, 1.54) is 0 Å². The van der Waals surface area contributed by atoms with Crippen LogP contribution < -0.4 is 4.74 Å². The number of ether oxygens (including phenoxy) is 2. The number of fused-ring (bicyclic) bond motifs is 1. The van der Waals surface area contributed by atoms with Crippen LogP contribution in [-0.2, 0) is 4.74 Å². The fraction of sp³-hybridized carbons (Fsp3) is 0.389. The van der Waals surface area contributed by atoms with Crippen molar-refractivity contribution < 1.29 is 14.3 Å². The second-order valence-corrected chi connectivity index (χ2v) is 6.06. The van der Waals surface area contributed by atoms with Crippen molar-refractivity contribution in [3.63, 3.8) is 0 Å². The van der Waals surface area contributed by atoms with E-state index in [1.807, 2.05) is 23.1 Å². The summed E-state index contributed by atoms with van der Waals surface area (Å²) in [5.41, 5.74) is 0.646. The van der Waals surface area contributed by atoms with E-state index in [9.17, 15) is 4.79 Å². The van der Waals surface area contributed by atoms with Crippen molar-refractivity contribution in [2.75, 3.05) is 13.2 Å². The third kappa shape index (κ3) is 2.85. The average molecular weight is 325 g/mol. The molecule has 1 amide bonds. The van der Waals surface area contributed by atoms with Gasteiger partial charge in [-0.3, -0.25) is 9.78 Å². The predicted molar refractivity (Wildman–Crippen MR) is 86.7 cm³/mol. The summed E-state index contributed by atoms with van der Waals surface area (Å²) >= 11 is 0. The molecule has 3 atom stereocenters. The van der Waals surface area contributed by atoms with Crippen LogP contribution in [0, 0.1) is 0 Å². The van der Waals surface area contributed by atoms with Gasteiger partial charge in [-0.2, -0.15) is 0 Å². The van der Waals surface area contributed by atoms with E-state index in [0.717, 1.165) is 12.8 Å². The molecule has 2 aromatic rings. The van der Waals surface area contributed by atoms with Crippen LogP contribution in [-0.4, -0.2) is 52.2 Å². The molecule has 124 valence electrons. The first kappa shape index (κ1) is 15.1. The quantitative estimate of drug-likeness (QED) is 0.863. The molecule has 2 aromatic heterocycles. The molecule has 0 saturated carbocycles. The molecular formula is C18H19N3O3. The topological polar surface area (TPSA) is 64.6 Å². The highest BCUT2D eigenvalue weighted by Crippen LogP contribution is 2.32. The van der Waals surface area contributed by atoms with Crippen LogP contribution in [0.15, 0.2) is 48.9 Å². The molecule has 0 aromatic carbocycles. The number of hydrogen-bond donors (Lipinski definition) is 0. The Labute approximate surface area is 140 Å². The molecule has 0 N–H and O–H groups in total. The highest BCUT2D eigenvalue weighted by Gasteiger charge is 2.47. The van der Waals surface area contributed by atoms with E-state index in [0.29, 0.717) is 24.6 Å². The van der Waals surface area contributed by atoms with E-state index >= 15 is 0 Å². The first-order valence-corrected chi connectivity index (χ1v) is 8.23. The summed E-state index contributed by atoms with van der Waals surface area (Å²) in [6, 6.07) is 9.09. The summed E-state index contributed by atoms with van der Waals surface area (Å²) in [4.78, 5) is 22.9. The first-order chi connectivity index (χ1) is 11.8. The van der Waals surface area contributed by atoms with Crippen molar-refractivity contribution >= 4 is 5.91 Å². The van der Waals surface area contributed by atoms with Crippen molar-refractivity contribution in [2.24, 2.45) is 0 Å². The van der Waals surface area contributed by atoms with Crippen molar-refractivity contribution in [3.05, 3.63) is 54.5 Å². The van der Waals surface area contributed by atoms with Crippen LogP contribution in [0.25, 0.3) is 0 Å². The lowest BCUT2D eigenvalue weighted by Gasteiger charge is -2.32. The average Bonchev–Trinajstić information content (AvgIpc) is 3.01. The minimum atomic E-state index is -0.198. The molecule has 6 nitrogen and oxygen atoms in total. The predicted octanol–water partition coefficient (Wildman–Crippen LogP) is 1.93. The van der Waals surface area contributed by atoms with Gasteiger partial charge in [-0.25, -0.2) is 4.98 Å². The third-order valence-corrected chi connectivity index (χ3v) is 4.58. The van der Waals surface area contributed by atoms with Gasteiger partial charge in [0.2, 0.25) is 5.88 Å². The van der Waals surface area contributed by atoms with Crippen LogP contribution in [0.3, 0.4) is 0 Å². The number of likely N-dealkylation sites (tertiary alicyclic amines) is 1. The Morgan fingerprint density at radius 3 is 2.88 bits per heavy atom. The molecule has 2 saturated heterocycles. The zero-order valence-corrected chi connectivity index (χ0v) is 13.2. The van der Waals surface area contributed by atoms with Gasteiger partial charge in [0.05, 0.1) is 12.6 Å². The summed E-state index contributed by atoms with van der Waals surface area (Å²) in [5, 5.41) is 0. The minimum Gasteiger partial charge on any atom is -0.470 e. The molecule has 24 heavy (non-hydrogen) atoms. The molecule has 0 spiro atoms. The number of hydrogen-bond acceptors (Lipinski definition) is 5. The van der Waals surface area contributed by atoms with Crippen LogP contribution in [0.1, 0.15) is 23.2 Å². The second kappa shape index (κ2) is 6.57. The molecule has 2 aliphatic heterocycles. The Bertz CT molecular complexity index is 695. The molecule has 0 aliphatic carbocycles. The van der Waals surface area contributed by atoms with E-state index < -0.39 is 0 Å². The van der Waals surface area contributed by atoms with Crippen LogP contribution in [0.5, 0.6) is 5.88 Å². The number of rotatable bonds is 3. The molecule has 0 bridgehead atoms. The third-order valence-electron chi connectivity index (χ3n) is 4.58. The summed E-state index contributed by atoms with van der Waals surface area (Å²) < 4.78 is 12.0. The maximum absolute atomic E-state index is 12.9. The molecular weight excluding hydrogens is 306 g/mol. The molecule has 2 aliphatic rings. The minimum absolute atomic E-state index is 0.00465. The standard InChI is InChI=1S/C18H19N3O3/c22-18(13-6-9-19-10-7-13)21-12-15(17-14(21)4-3-11-23-17)24-16-5-1-2-8-20-16/h1-2,5-10,14-15,17H,3-4,11-12H2/t14-,15+,17+/m1/s1. The Hall–Kier alpha value is -2.47. The number of carbonyl (C=O) groups is 1. The van der Waals surface area contributed by atoms with Gasteiger partial charge in [-0.05, 0) is 31.0 Å². The van der Waals surface area contributed by atoms with Crippen molar-refractivity contribution in [3.8, 4) is 5.88 Å². The van der Waals surface area contributed by atoms with Gasteiger partial charge in [0.15, 0.2) is 0 Å². The van der Waals surface area contributed by atoms with Crippen molar-refractivity contribution in [2.45, 2.75) is 31.1 Å². The number of pyridine rings is 2. The molecule has 4 heterocycles. The monoisotopic (exact) mass is 325 g/mol. The first-order valence-electron chi connectivity index (χ1n) is 8.23. The molecule has 6 heteroatoms. The Kier molecular flexibility index (Phi) is 4.13. The Morgan fingerprint density at radius 2 is 2.08 bits per heavy atom. The van der Waals surface area contributed by atoms with Gasteiger partial charge in [0, 0.05) is 36.8 Å². The second-order valence-electron chi connectivity index (χ2n) is 6.06. The van der Waals surface area contributed by atoms with Crippen LogP contribution >= 0.6 is 0 Å². The zero-order chi connectivity index (χ0) is 16.4. The van der Waals surface area contributed by atoms with Crippen LogP contribution in [0.2, 0.25) is 0 Å². The normalized spacial score (nSPS) is 26.0. The van der Waals surface area contributed by atoms with Crippen molar-refractivity contribution in [1.29, 1.82) is 0 Å². The maximum atomic E-state index is 12.9. The lowest BCUT2D eigenvalue weighted by molar-refractivity contribution is -0.0455. The van der Waals surface area contributed by atoms with E-state index in [1.54, 1.807) is 30.7 Å². The van der Waals surface area contributed by atoms with E-state index in [-0.39, 0.29) is 24.2 Å². The fourth-order valence-corrected chi connectivity index (χ4v) is 3.48. The maximum Gasteiger partial charge on any atom is 0.254 e. The molecule has 4 rings (SSSR count). The number of carbonyl (C=O) groups excluding carboxylic acids is 1. The summed E-state index contributed by atoms with van der Waals surface area (Å²) in [6.45, 7) is 1.22. The van der Waals surface area contributed by atoms with E-state index in [4.69, 9.17) is 9.47 Å². The van der Waals surface area contributed by atoms with Gasteiger partial charge in [0.25, 0.3) is 5.91 Å². The van der Waals surface area contributed by atoms with Gasteiger partial charge >= 0.3 is 0 Å². The number of nitrogens with zero attached hydrogens (tertiary/aromatic N) is 3. The number of aromatic nitrogens is 2. The lowest BCUT2D eigenvalue weighted by atomic mass is 10.0. The fourth-order valence-electron chi connectivity index (χ4n) is 3.48. The SMILES string of the molecule is O=C(c1ccncc1)N1C[C@H](Oc2ccccn2)[C@H]2OCCC[C@H]21. The molecule has 0 radical (unpaired) electrons. The molecule has 0 unspecified atom stereocenters. The smallest absolute Gasteiger partial charge is 0.254 e. The van der Waals surface area contributed by atoms with Crippen LogP contribution in [0.4, 0.5) is 0 Å². The highest BCUT2D eigenvalue weighted by molar-refractivity contribution is 5.94. The largest absolute Gasteiger partial charge is 0.470 e. The lowest BCUT2D eigenvalue weighted by Crippen LogP contribution is -2.44. The van der Waals surface area contributed by atoms with Gasteiger partial charge < -0.3 is 14.4 Å². The van der Waals surface area contributed by atoms with E-state index in [2.05, 4.69) is 9.97 Å². The summed E-state index contributed by atoms with van der Waals surface area (Å²) in [5.74, 6) is 0.568. The van der Waals surface area contributed by atoms with Gasteiger partial charge in [0.1, 0.15) is 12.2 Å². The highest BCUT2D eigenvalue weighted by atomic mass is 16.5. The summed E-state index contributed by atoms with van der Waals surface area (Å²) in [7, 11) is 0. The van der Waals surface area contributed by atoms with Gasteiger partial charge in [-0.1, -0.05) is 6.07 Å².